The number of rotatable bonds is 6. The maximum Gasteiger partial charge on any atom is 0.225 e. The zero-order valence-corrected chi connectivity index (χ0v) is 15.2. The Morgan fingerprint density at radius 3 is 2.35 bits per heavy atom. The van der Waals surface area contributed by atoms with Gasteiger partial charge in [0.2, 0.25) is 5.95 Å². The highest BCUT2D eigenvalue weighted by Crippen LogP contribution is 2.13. The van der Waals surface area contributed by atoms with Crippen LogP contribution in [0.15, 0.2) is 29.3 Å². The summed E-state index contributed by atoms with van der Waals surface area (Å²) in [6.07, 6.45) is 9.45. The fraction of sp³-hybridized carbons (Fsp3) is 0.533. The number of unbranched alkanes of at least 4 members (excludes halogenated alkanes) is 1. The molecule has 1 aliphatic heterocycles. The zero-order valence-electron chi connectivity index (χ0n) is 12.9. The molecular formula is C15H20BrClN6. The fourth-order valence-electron chi connectivity index (χ4n) is 2.71. The molecule has 1 aliphatic rings. The fourth-order valence-corrected chi connectivity index (χ4v) is 3.07. The van der Waals surface area contributed by atoms with Gasteiger partial charge in [-0.05, 0) is 35.3 Å². The third-order valence-electron chi connectivity index (χ3n) is 3.98. The highest BCUT2D eigenvalue weighted by molar-refractivity contribution is 9.10. The first-order chi connectivity index (χ1) is 11.2. The number of hydrogen-bond acceptors (Lipinski definition) is 5. The molecule has 3 rings (SSSR count). The molecule has 0 saturated carbocycles. The summed E-state index contributed by atoms with van der Waals surface area (Å²) in [5.74, 6) is 0.823. The number of hydrogen-bond donors (Lipinski definition) is 0. The molecule has 3 heterocycles. The zero-order chi connectivity index (χ0) is 16.1. The van der Waals surface area contributed by atoms with Gasteiger partial charge in [-0.1, -0.05) is 11.6 Å². The molecule has 1 fully saturated rings. The van der Waals surface area contributed by atoms with E-state index in [1.807, 2.05) is 10.9 Å². The van der Waals surface area contributed by atoms with Crippen LogP contribution in [0.5, 0.6) is 0 Å². The van der Waals surface area contributed by atoms with Crippen molar-refractivity contribution in [2.75, 3.05) is 37.6 Å². The molecule has 23 heavy (non-hydrogen) atoms. The van der Waals surface area contributed by atoms with Crippen LogP contribution < -0.4 is 4.90 Å². The molecule has 2 aromatic heterocycles. The maximum atomic E-state index is 5.86. The Labute approximate surface area is 149 Å². The van der Waals surface area contributed by atoms with E-state index in [1.54, 1.807) is 18.6 Å². The van der Waals surface area contributed by atoms with Crippen molar-refractivity contribution in [1.82, 2.24) is 24.6 Å². The predicted octanol–water partition coefficient (Wildman–Crippen LogP) is 2.69. The number of aryl methyl sites for hydroxylation is 1. The minimum Gasteiger partial charge on any atom is -0.338 e. The Morgan fingerprint density at radius 1 is 1.00 bits per heavy atom. The van der Waals surface area contributed by atoms with E-state index in [0.29, 0.717) is 5.02 Å². The average molecular weight is 400 g/mol. The van der Waals surface area contributed by atoms with Crippen LogP contribution in [0.25, 0.3) is 0 Å². The Morgan fingerprint density at radius 2 is 1.70 bits per heavy atom. The Kier molecular flexibility index (Phi) is 5.85. The van der Waals surface area contributed by atoms with Gasteiger partial charge >= 0.3 is 0 Å². The summed E-state index contributed by atoms with van der Waals surface area (Å²) in [6, 6.07) is 0. The SMILES string of the molecule is Clc1cnn(CCCCN2CCN(c3ncc(Br)cn3)CC2)c1. The minimum atomic E-state index is 0.705. The van der Waals surface area contributed by atoms with E-state index in [0.717, 1.165) is 56.1 Å². The average Bonchev–Trinajstić information content (AvgIpc) is 2.98. The van der Waals surface area contributed by atoms with Crippen LogP contribution in [-0.2, 0) is 6.54 Å². The summed E-state index contributed by atoms with van der Waals surface area (Å²) in [7, 11) is 0. The lowest BCUT2D eigenvalue weighted by atomic mass is 10.2. The molecule has 0 unspecified atom stereocenters. The van der Waals surface area contributed by atoms with Gasteiger partial charge in [-0.25, -0.2) is 9.97 Å². The highest BCUT2D eigenvalue weighted by Gasteiger charge is 2.18. The summed E-state index contributed by atoms with van der Waals surface area (Å²) in [4.78, 5) is 13.5. The first kappa shape index (κ1) is 16.7. The molecule has 1 saturated heterocycles. The summed E-state index contributed by atoms with van der Waals surface area (Å²) >= 11 is 9.23. The van der Waals surface area contributed by atoms with Crippen LogP contribution in [-0.4, -0.2) is 57.4 Å². The highest BCUT2D eigenvalue weighted by atomic mass is 79.9. The van der Waals surface area contributed by atoms with Gasteiger partial charge in [-0.2, -0.15) is 5.10 Å². The monoisotopic (exact) mass is 398 g/mol. The molecule has 0 bridgehead atoms. The van der Waals surface area contributed by atoms with E-state index >= 15 is 0 Å². The van der Waals surface area contributed by atoms with Gasteiger partial charge in [0.1, 0.15) is 0 Å². The number of nitrogens with zero attached hydrogens (tertiary/aromatic N) is 6. The van der Waals surface area contributed by atoms with Crippen molar-refractivity contribution < 1.29 is 0 Å². The van der Waals surface area contributed by atoms with Crippen molar-refractivity contribution in [2.45, 2.75) is 19.4 Å². The van der Waals surface area contributed by atoms with Gasteiger partial charge in [0, 0.05) is 51.3 Å². The van der Waals surface area contributed by atoms with Crippen molar-refractivity contribution in [1.29, 1.82) is 0 Å². The van der Waals surface area contributed by atoms with Gasteiger partial charge in [-0.15, -0.1) is 0 Å². The quantitative estimate of drug-likeness (QED) is 0.699. The minimum absolute atomic E-state index is 0.705. The van der Waals surface area contributed by atoms with Gasteiger partial charge in [0.05, 0.1) is 15.7 Å². The second-order valence-corrected chi connectivity index (χ2v) is 7.01. The van der Waals surface area contributed by atoms with Crippen LogP contribution >= 0.6 is 27.5 Å². The lowest BCUT2D eigenvalue weighted by Crippen LogP contribution is -2.47. The van der Waals surface area contributed by atoms with Crippen LogP contribution in [0.1, 0.15) is 12.8 Å². The number of anilines is 1. The summed E-state index contributed by atoms with van der Waals surface area (Å²) in [5.41, 5.74) is 0. The van der Waals surface area contributed by atoms with E-state index in [2.05, 4.69) is 40.8 Å². The van der Waals surface area contributed by atoms with Crippen molar-refractivity contribution in [2.24, 2.45) is 0 Å². The van der Waals surface area contributed by atoms with Gasteiger partial charge in [0.25, 0.3) is 0 Å². The molecule has 8 heteroatoms. The van der Waals surface area contributed by atoms with Crippen LogP contribution in [0.3, 0.4) is 0 Å². The second kappa shape index (κ2) is 8.08. The van der Waals surface area contributed by atoms with Gasteiger partial charge in [0.15, 0.2) is 0 Å². The molecule has 0 N–H and O–H groups in total. The van der Waals surface area contributed by atoms with E-state index in [1.165, 1.54) is 6.42 Å². The molecule has 0 aliphatic carbocycles. The van der Waals surface area contributed by atoms with Crippen molar-refractivity contribution in [3.63, 3.8) is 0 Å². The Hall–Kier alpha value is -1.18. The van der Waals surface area contributed by atoms with Crippen LogP contribution in [0.4, 0.5) is 5.95 Å². The van der Waals surface area contributed by atoms with Crippen molar-refractivity contribution >= 4 is 33.5 Å². The van der Waals surface area contributed by atoms with Crippen molar-refractivity contribution in [3.05, 3.63) is 34.3 Å². The molecular weight excluding hydrogens is 380 g/mol. The largest absolute Gasteiger partial charge is 0.338 e. The lowest BCUT2D eigenvalue weighted by molar-refractivity contribution is 0.249. The molecule has 0 aromatic carbocycles. The molecule has 2 aromatic rings. The third-order valence-corrected chi connectivity index (χ3v) is 4.58. The van der Waals surface area contributed by atoms with E-state index < -0.39 is 0 Å². The standard InChI is InChI=1S/C15H20BrClN6/c16-13-9-18-15(19-10-13)22-7-5-21(6-8-22)3-1-2-4-23-12-14(17)11-20-23/h9-12H,1-8H2. The summed E-state index contributed by atoms with van der Waals surface area (Å²) in [5, 5.41) is 4.90. The molecule has 0 amide bonds. The predicted molar refractivity (Wildman–Crippen MR) is 94.9 cm³/mol. The van der Waals surface area contributed by atoms with Gasteiger partial charge in [-0.3, -0.25) is 9.58 Å². The number of halogens is 2. The van der Waals surface area contributed by atoms with Crippen LogP contribution in [0, 0.1) is 0 Å². The van der Waals surface area contributed by atoms with Crippen molar-refractivity contribution in [3.8, 4) is 0 Å². The van der Waals surface area contributed by atoms with E-state index in [4.69, 9.17) is 11.6 Å². The third kappa shape index (κ3) is 4.89. The van der Waals surface area contributed by atoms with Crippen LogP contribution in [0.2, 0.25) is 5.02 Å². The molecule has 6 nitrogen and oxygen atoms in total. The maximum absolute atomic E-state index is 5.86. The first-order valence-corrected chi connectivity index (χ1v) is 9.00. The molecule has 0 spiro atoms. The topological polar surface area (TPSA) is 50.1 Å². The molecule has 0 atom stereocenters. The number of aromatic nitrogens is 4. The normalized spacial score (nSPS) is 16.0. The van der Waals surface area contributed by atoms with E-state index in [-0.39, 0.29) is 0 Å². The Bertz CT molecular complexity index is 609. The molecule has 0 radical (unpaired) electrons. The first-order valence-electron chi connectivity index (χ1n) is 7.83. The van der Waals surface area contributed by atoms with E-state index in [9.17, 15) is 0 Å². The smallest absolute Gasteiger partial charge is 0.225 e. The second-order valence-electron chi connectivity index (χ2n) is 5.66. The number of piperazine rings is 1. The molecule has 124 valence electrons. The van der Waals surface area contributed by atoms with Gasteiger partial charge < -0.3 is 4.90 Å². The Balaban J connectivity index is 1.35. The summed E-state index contributed by atoms with van der Waals surface area (Å²) in [6.45, 7) is 6.15. The lowest BCUT2D eigenvalue weighted by Gasteiger charge is -2.34. The summed E-state index contributed by atoms with van der Waals surface area (Å²) < 4.78 is 2.82.